The lowest BCUT2D eigenvalue weighted by atomic mass is 9.93. The van der Waals surface area contributed by atoms with Gasteiger partial charge in [-0.2, -0.15) is 9.97 Å². The SMILES string of the molecule is CC(C)(C)CCOc1nc(N)c2c(n1)N(Cc1cccc(CN3CCCC3)c1)CC(=O)N2. The Morgan fingerprint density at radius 3 is 2.56 bits per heavy atom. The number of hydrogen-bond acceptors (Lipinski definition) is 7. The minimum Gasteiger partial charge on any atom is -0.463 e. The molecule has 1 aromatic heterocycles. The van der Waals surface area contributed by atoms with E-state index in [-0.39, 0.29) is 29.7 Å². The average Bonchev–Trinajstić information content (AvgIpc) is 3.21. The normalized spacial score (nSPS) is 16.7. The molecule has 172 valence electrons. The predicted molar refractivity (Wildman–Crippen MR) is 127 cm³/mol. The molecule has 8 nitrogen and oxygen atoms in total. The van der Waals surface area contributed by atoms with Gasteiger partial charge in [-0.05, 0) is 48.9 Å². The number of nitrogen functional groups attached to an aromatic ring is 1. The Kier molecular flexibility index (Phi) is 6.50. The number of benzene rings is 1. The van der Waals surface area contributed by atoms with Crippen LogP contribution in [0.4, 0.5) is 17.3 Å². The van der Waals surface area contributed by atoms with Crippen LogP contribution in [-0.2, 0) is 17.9 Å². The minimum atomic E-state index is -0.123. The van der Waals surface area contributed by atoms with Gasteiger partial charge in [0.1, 0.15) is 5.69 Å². The quantitative estimate of drug-likeness (QED) is 0.684. The monoisotopic (exact) mass is 438 g/mol. The molecule has 32 heavy (non-hydrogen) atoms. The van der Waals surface area contributed by atoms with Crippen LogP contribution in [0.2, 0.25) is 0 Å². The lowest BCUT2D eigenvalue weighted by Crippen LogP contribution is -2.39. The van der Waals surface area contributed by atoms with E-state index in [4.69, 9.17) is 10.5 Å². The predicted octanol–water partition coefficient (Wildman–Crippen LogP) is 3.43. The molecule has 0 bridgehead atoms. The highest BCUT2D eigenvalue weighted by Crippen LogP contribution is 2.34. The number of ether oxygens (including phenoxy) is 1. The summed E-state index contributed by atoms with van der Waals surface area (Å²) in [5, 5.41) is 2.82. The van der Waals surface area contributed by atoms with Gasteiger partial charge in [0, 0.05) is 13.1 Å². The van der Waals surface area contributed by atoms with Crippen LogP contribution in [0.15, 0.2) is 24.3 Å². The van der Waals surface area contributed by atoms with Gasteiger partial charge in [0.05, 0.1) is 13.2 Å². The lowest BCUT2D eigenvalue weighted by Gasteiger charge is -2.30. The Balaban J connectivity index is 1.52. The number of nitrogens with one attached hydrogen (secondary N) is 1. The first-order chi connectivity index (χ1) is 15.3. The molecule has 8 heteroatoms. The van der Waals surface area contributed by atoms with Gasteiger partial charge in [-0.1, -0.05) is 45.0 Å². The van der Waals surface area contributed by atoms with Crippen LogP contribution in [0.5, 0.6) is 6.01 Å². The smallest absolute Gasteiger partial charge is 0.320 e. The summed E-state index contributed by atoms with van der Waals surface area (Å²) in [7, 11) is 0. The maximum Gasteiger partial charge on any atom is 0.320 e. The van der Waals surface area contributed by atoms with Crippen LogP contribution < -0.4 is 20.7 Å². The number of rotatable bonds is 7. The maximum atomic E-state index is 12.3. The fraction of sp³-hybridized carbons (Fsp3) is 0.542. The van der Waals surface area contributed by atoms with Crippen LogP contribution in [0.25, 0.3) is 0 Å². The second-order valence-electron chi connectivity index (χ2n) is 9.96. The van der Waals surface area contributed by atoms with Crippen LogP contribution in [0, 0.1) is 5.41 Å². The first-order valence-corrected chi connectivity index (χ1v) is 11.4. The zero-order valence-electron chi connectivity index (χ0n) is 19.4. The number of carbonyl (C=O) groups is 1. The summed E-state index contributed by atoms with van der Waals surface area (Å²) < 4.78 is 5.80. The zero-order valence-corrected chi connectivity index (χ0v) is 19.4. The number of aromatic nitrogens is 2. The molecule has 1 fully saturated rings. The number of anilines is 3. The summed E-state index contributed by atoms with van der Waals surface area (Å²) in [6, 6.07) is 8.80. The number of nitrogens with two attached hydrogens (primary N) is 1. The van der Waals surface area contributed by atoms with Crippen molar-refractivity contribution in [2.45, 2.75) is 53.1 Å². The van der Waals surface area contributed by atoms with Crippen LogP contribution in [0.1, 0.15) is 51.2 Å². The largest absolute Gasteiger partial charge is 0.463 e. The van der Waals surface area contributed by atoms with Crippen molar-refractivity contribution in [2.24, 2.45) is 5.41 Å². The third kappa shape index (κ3) is 5.68. The van der Waals surface area contributed by atoms with Crippen molar-refractivity contribution in [3.05, 3.63) is 35.4 Å². The summed E-state index contributed by atoms with van der Waals surface area (Å²) in [6.07, 6.45) is 3.43. The molecule has 3 N–H and O–H groups in total. The molecule has 0 atom stereocenters. The number of hydrogen-bond donors (Lipinski definition) is 2. The molecule has 0 aliphatic carbocycles. The van der Waals surface area contributed by atoms with E-state index in [0.717, 1.165) is 31.6 Å². The molecule has 1 amide bonds. The van der Waals surface area contributed by atoms with E-state index in [1.807, 2.05) is 4.90 Å². The molecule has 1 aromatic carbocycles. The van der Waals surface area contributed by atoms with E-state index >= 15 is 0 Å². The van der Waals surface area contributed by atoms with Gasteiger partial charge >= 0.3 is 6.01 Å². The van der Waals surface area contributed by atoms with Crippen molar-refractivity contribution in [1.29, 1.82) is 0 Å². The number of nitrogens with zero attached hydrogens (tertiary/aromatic N) is 4. The highest BCUT2D eigenvalue weighted by Gasteiger charge is 2.27. The van der Waals surface area contributed by atoms with Crippen molar-refractivity contribution in [2.75, 3.05) is 42.2 Å². The van der Waals surface area contributed by atoms with E-state index in [0.29, 0.717) is 24.7 Å². The van der Waals surface area contributed by atoms with Crippen molar-refractivity contribution in [3.8, 4) is 6.01 Å². The maximum absolute atomic E-state index is 12.3. The number of likely N-dealkylation sites (tertiary alicyclic amines) is 1. The molecule has 2 aliphatic heterocycles. The summed E-state index contributed by atoms with van der Waals surface area (Å²) in [4.78, 5) is 25.6. The fourth-order valence-corrected chi connectivity index (χ4v) is 4.11. The molecular weight excluding hydrogens is 404 g/mol. The number of fused-ring (bicyclic) bond motifs is 1. The van der Waals surface area contributed by atoms with Crippen molar-refractivity contribution < 1.29 is 9.53 Å². The first-order valence-electron chi connectivity index (χ1n) is 11.4. The first kappa shape index (κ1) is 22.3. The van der Waals surface area contributed by atoms with Crippen LogP contribution >= 0.6 is 0 Å². The van der Waals surface area contributed by atoms with Gasteiger partial charge in [0.2, 0.25) is 5.91 Å². The second-order valence-corrected chi connectivity index (χ2v) is 9.96. The highest BCUT2D eigenvalue weighted by molar-refractivity contribution is 6.03. The second kappa shape index (κ2) is 9.32. The molecule has 1 saturated heterocycles. The standard InChI is InChI=1S/C24H34N6O2/c1-24(2,3)9-12-32-23-27-21(25)20-22(28-23)30(16-19(31)26-20)15-18-8-6-7-17(13-18)14-29-10-4-5-11-29/h6-8,13H,4-5,9-12,14-16H2,1-3H3,(H,26,31)(H2,25,27,28). The van der Waals surface area contributed by atoms with Crippen molar-refractivity contribution in [3.63, 3.8) is 0 Å². The van der Waals surface area contributed by atoms with Gasteiger partial charge in [0.25, 0.3) is 0 Å². The molecule has 2 aromatic rings. The Morgan fingerprint density at radius 2 is 1.84 bits per heavy atom. The average molecular weight is 439 g/mol. The molecule has 0 unspecified atom stereocenters. The van der Waals surface area contributed by atoms with Gasteiger partial charge < -0.3 is 20.7 Å². The van der Waals surface area contributed by atoms with Crippen LogP contribution in [-0.4, -0.2) is 47.0 Å². The van der Waals surface area contributed by atoms with E-state index in [1.54, 1.807) is 0 Å². The highest BCUT2D eigenvalue weighted by atomic mass is 16.5. The summed E-state index contributed by atoms with van der Waals surface area (Å²) in [6.45, 7) is 11.1. The van der Waals surface area contributed by atoms with Gasteiger partial charge in [-0.3, -0.25) is 9.69 Å². The van der Waals surface area contributed by atoms with E-state index in [1.165, 1.54) is 18.4 Å². The summed E-state index contributed by atoms with van der Waals surface area (Å²) in [5.41, 5.74) is 9.19. The van der Waals surface area contributed by atoms with E-state index < -0.39 is 0 Å². The summed E-state index contributed by atoms with van der Waals surface area (Å²) in [5.74, 6) is 0.705. The Morgan fingerprint density at radius 1 is 1.12 bits per heavy atom. The van der Waals surface area contributed by atoms with Crippen LogP contribution in [0.3, 0.4) is 0 Å². The van der Waals surface area contributed by atoms with Gasteiger partial charge in [0.15, 0.2) is 11.6 Å². The Labute approximate surface area is 190 Å². The summed E-state index contributed by atoms with van der Waals surface area (Å²) >= 11 is 0. The third-order valence-corrected chi connectivity index (χ3v) is 5.85. The minimum absolute atomic E-state index is 0.123. The van der Waals surface area contributed by atoms with Crippen molar-refractivity contribution >= 4 is 23.2 Å². The van der Waals surface area contributed by atoms with E-state index in [2.05, 4.69) is 65.2 Å². The zero-order chi connectivity index (χ0) is 22.7. The molecule has 0 spiro atoms. The fourth-order valence-electron chi connectivity index (χ4n) is 4.11. The third-order valence-electron chi connectivity index (χ3n) is 5.85. The van der Waals surface area contributed by atoms with Gasteiger partial charge in [-0.15, -0.1) is 0 Å². The molecule has 3 heterocycles. The molecule has 0 saturated carbocycles. The number of amides is 1. The van der Waals surface area contributed by atoms with Gasteiger partial charge in [-0.25, -0.2) is 0 Å². The molecule has 0 radical (unpaired) electrons. The topological polar surface area (TPSA) is 96.6 Å². The Bertz CT molecular complexity index is 965. The molecular formula is C24H34N6O2. The van der Waals surface area contributed by atoms with Crippen molar-refractivity contribution in [1.82, 2.24) is 14.9 Å². The molecule has 4 rings (SSSR count). The van der Waals surface area contributed by atoms with E-state index in [9.17, 15) is 4.79 Å². The molecule has 2 aliphatic rings. The lowest BCUT2D eigenvalue weighted by molar-refractivity contribution is -0.115. The number of carbonyl (C=O) groups excluding carboxylic acids is 1. The Hall–Kier alpha value is -2.87.